The maximum absolute atomic E-state index is 10.0. The van der Waals surface area contributed by atoms with Gasteiger partial charge in [-0.1, -0.05) is 26.0 Å². The number of H-pyrrole nitrogens is 1. The Hall–Kier alpha value is -1.46. The Labute approximate surface area is 95.5 Å². The molecule has 6 nitrogen and oxygen atoms in total. The number of carboxylic acid groups (broad SMARTS) is 1. The van der Waals surface area contributed by atoms with Crippen LogP contribution in [0.2, 0.25) is 0 Å². The predicted molar refractivity (Wildman–Crippen MR) is 60.0 cm³/mol. The molecule has 0 fully saturated rings. The van der Waals surface area contributed by atoms with Crippen LogP contribution in [0, 0.1) is 5.41 Å². The van der Waals surface area contributed by atoms with Gasteiger partial charge in [-0.25, -0.2) is 0 Å². The average Bonchev–Trinajstić information content (AvgIpc) is 2.52. The molecule has 0 unspecified atom stereocenters. The fourth-order valence-electron chi connectivity index (χ4n) is 0.480. The number of aromatic amines is 1. The maximum Gasteiger partial charge on any atom is 0.308 e. The van der Waals surface area contributed by atoms with Crippen LogP contribution in [-0.2, 0) is 10.2 Å². The van der Waals surface area contributed by atoms with Gasteiger partial charge >= 0.3 is 5.97 Å². The lowest BCUT2D eigenvalue weighted by Gasteiger charge is -2.10. The van der Waals surface area contributed by atoms with E-state index in [0.29, 0.717) is 0 Å². The third-order valence-corrected chi connectivity index (χ3v) is 1.66. The molecular formula is C10H20N4O2. The number of tetrazole rings is 1. The van der Waals surface area contributed by atoms with Gasteiger partial charge in [-0.2, -0.15) is 5.21 Å². The summed E-state index contributed by atoms with van der Waals surface area (Å²) in [7, 11) is 0. The summed E-state index contributed by atoms with van der Waals surface area (Å²) in [5, 5.41) is 21.8. The summed E-state index contributed by atoms with van der Waals surface area (Å²) in [6.45, 7) is 11.1. The summed E-state index contributed by atoms with van der Waals surface area (Å²) in [6.07, 6.45) is 0. The number of aliphatic carboxylic acids is 1. The second-order valence-corrected chi connectivity index (χ2v) is 5.54. The van der Waals surface area contributed by atoms with Crippen LogP contribution in [0.4, 0.5) is 0 Å². The van der Waals surface area contributed by atoms with Gasteiger partial charge in [-0.05, 0) is 20.8 Å². The van der Waals surface area contributed by atoms with Crippen molar-refractivity contribution in [3.05, 3.63) is 5.82 Å². The van der Waals surface area contributed by atoms with Gasteiger partial charge in [0.2, 0.25) is 0 Å². The first kappa shape index (κ1) is 14.5. The molecule has 1 rings (SSSR count). The van der Waals surface area contributed by atoms with E-state index in [-0.39, 0.29) is 5.41 Å². The number of nitrogens with one attached hydrogen (secondary N) is 1. The van der Waals surface area contributed by atoms with Crippen LogP contribution in [0.15, 0.2) is 0 Å². The Balaban J connectivity index is 0.000000293. The minimum Gasteiger partial charge on any atom is -0.481 e. The predicted octanol–water partition coefficient (Wildman–Crippen LogP) is 1.61. The molecule has 1 aromatic heterocycles. The number of rotatable bonds is 0. The number of aromatic nitrogens is 4. The summed E-state index contributed by atoms with van der Waals surface area (Å²) in [4.78, 5) is 10.0. The summed E-state index contributed by atoms with van der Waals surface area (Å²) >= 11 is 0. The summed E-state index contributed by atoms with van der Waals surface area (Å²) in [5.74, 6) is -0.00463. The molecule has 0 saturated heterocycles. The van der Waals surface area contributed by atoms with Crippen LogP contribution in [0.25, 0.3) is 0 Å². The van der Waals surface area contributed by atoms with E-state index in [4.69, 9.17) is 5.11 Å². The number of hydrogen-bond acceptors (Lipinski definition) is 4. The van der Waals surface area contributed by atoms with E-state index in [1.54, 1.807) is 20.8 Å². The van der Waals surface area contributed by atoms with E-state index in [1.165, 1.54) is 0 Å². The molecule has 0 radical (unpaired) electrons. The molecule has 1 aromatic rings. The molecule has 0 bridgehead atoms. The molecule has 92 valence electrons. The molecule has 0 amide bonds. The first-order chi connectivity index (χ1) is 7.05. The summed E-state index contributed by atoms with van der Waals surface area (Å²) in [5.41, 5.74) is -0.576. The largest absolute Gasteiger partial charge is 0.481 e. The van der Waals surface area contributed by atoms with Crippen molar-refractivity contribution in [2.24, 2.45) is 5.41 Å². The SMILES string of the molecule is CC(C)(C)C(=O)O.CC(C)(C)c1nn[nH]n1. The molecular weight excluding hydrogens is 208 g/mol. The first-order valence-corrected chi connectivity index (χ1v) is 5.02. The second-order valence-electron chi connectivity index (χ2n) is 5.54. The lowest BCUT2D eigenvalue weighted by atomic mass is 9.96. The van der Waals surface area contributed by atoms with Crippen molar-refractivity contribution >= 4 is 5.97 Å². The van der Waals surface area contributed by atoms with Crippen molar-refractivity contribution in [1.82, 2.24) is 20.6 Å². The normalized spacial score (nSPS) is 11.6. The number of carbonyl (C=O) groups is 1. The van der Waals surface area contributed by atoms with Gasteiger partial charge in [0.15, 0.2) is 5.82 Å². The van der Waals surface area contributed by atoms with Crippen molar-refractivity contribution in [1.29, 1.82) is 0 Å². The van der Waals surface area contributed by atoms with E-state index in [2.05, 4.69) is 20.6 Å². The Morgan fingerprint density at radius 1 is 1.19 bits per heavy atom. The smallest absolute Gasteiger partial charge is 0.308 e. The third-order valence-electron chi connectivity index (χ3n) is 1.66. The molecule has 0 aliphatic carbocycles. The highest BCUT2D eigenvalue weighted by molar-refractivity contribution is 5.72. The highest BCUT2D eigenvalue weighted by Crippen LogP contribution is 2.15. The number of hydrogen-bond donors (Lipinski definition) is 2. The Morgan fingerprint density at radius 3 is 1.75 bits per heavy atom. The minimum atomic E-state index is -0.757. The van der Waals surface area contributed by atoms with E-state index in [9.17, 15) is 4.79 Å². The van der Waals surface area contributed by atoms with Crippen molar-refractivity contribution in [2.45, 2.75) is 47.0 Å². The van der Waals surface area contributed by atoms with Crippen LogP contribution in [0.1, 0.15) is 47.4 Å². The topological polar surface area (TPSA) is 91.8 Å². The highest BCUT2D eigenvalue weighted by Gasteiger charge is 2.19. The molecule has 16 heavy (non-hydrogen) atoms. The first-order valence-electron chi connectivity index (χ1n) is 5.02. The van der Waals surface area contributed by atoms with Crippen molar-refractivity contribution in [3.63, 3.8) is 0 Å². The summed E-state index contributed by atoms with van der Waals surface area (Å²) < 4.78 is 0. The van der Waals surface area contributed by atoms with Crippen LogP contribution < -0.4 is 0 Å². The third kappa shape index (κ3) is 5.43. The Morgan fingerprint density at radius 2 is 1.62 bits per heavy atom. The zero-order chi connectivity index (χ0) is 13.0. The lowest BCUT2D eigenvalue weighted by Crippen LogP contribution is -2.18. The Kier molecular flexibility index (Phi) is 4.59. The quantitative estimate of drug-likeness (QED) is 0.704. The van der Waals surface area contributed by atoms with Crippen molar-refractivity contribution in [3.8, 4) is 0 Å². The zero-order valence-corrected chi connectivity index (χ0v) is 10.7. The van der Waals surface area contributed by atoms with E-state index < -0.39 is 11.4 Å². The fourth-order valence-corrected chi connectivity index (χ4v) is 0.480. The fraction of sp³-hybridized carbons (Fsp3) is 0.800. The number of nitrogens with zero attached hydrogens (tertiary/aromatic N) is 3. The van der Waals surface area contributed by atoms with Crippen LogP contribution in [0.3, 0.4) is 0 Å². The van der Waals surface area contributed by atoms with E-state index in [1.807, 2.05) is 20.8 Å². The molecule has 0 atom stereocenters. The van der Waals surface area contributed by atoms with Crippen LogP contribution >= 0.6 is 0 Å². The highest BCUT2D eigenvalue weighted by atomic mass is 16.4. The maximum atomic E-state index is 10.0. The molecule has 0 aromatic carbocycles. The molecule has 0 aliphatic rings. The lowest BCUT2D eigenvalue weighted by molar-refractivity contribution is -0.145. The van der Waals surface area contributed by atoms with E-state index >= 15 is 0 Å². The van der Waals surface area contributed by atoms with Gasteiger partial charge in [0.05, 0.1) is 5.41 Å². The van der Waals surface area contributed by atoms with Gasteiger partial charge in [0.25, 0.3) is 0 Å². The number of carboxylic acids is 1. The van der Waals surface area contributed by atoms with Gasteiger partial charge in [-0.15, -0.1) is 10.2 Å². The van der Waals surface area contributed by atoms with Crippen LogP contribution in [-0.4, -0.2) is 31.7 Å². The van der Waals surface area contributed by atoms with Crippen molar-refractivity contribution < 1.29 is 9.90 Å². The standard InChI is InChI=1S/C5H10N4.C5H10O2/c1-5(2,3)4-6-8-9-7-4;1-5(2,3)4(6)7/h1-3H3,(H,6,7,8,9);1-3H3,(H,6,7). The van der Waals surface area contributed by atoms with Gasteiger partial charge < -0.3 is 5.11 Å². The second kappa shape index (κ2) is 5.05. The summed E-state index contributed by atoms with van der Waals surface area (Å²) in [6, 6.07) is 0. The Bertz CT molecular complexity index is 320. The molecule has 0 spiro atoms. The van der Waals surface area contributed by atoms with Gasteiger partial charge in [0.1, 0.15) is 0 Å². The molecule has 0 aliphatic heterocycles. The minimum absolute atomic E-state index is 0.00694. The molecule has 1 heterocycles. The van der Waals surface area contributed by atoms with Gasteiger partial charge in [0, 0.05) is 5.41 Å². The molecule has 6 heteroatoms. The molecule has 2 N–H and O–H groups in total. The monoisotopic (exact) mass is 228 g/mol. The van der Waals surface area contributed by atoms with Gasteiger partial charge in [-0.3, -0.25) is 4.79 Å². The molecule has 0 saturated carbocycles. The zero-order valence-electron chi connectivity index (χ0n) is 10.7. The van der Waals surface area contributed by atoms with E-state index in [0.717, 1.165) is 5.82 Å². The average molecular weight is 228 g/mol. The van der Waals surface area contributed by atoms with Crippen molar-refractivity contribution in [2.75, 3.05) is 0 Å². The van der Waals surface area contributed by atoms with Crippen LogP contribution in [0.5, 0.6) is 0 Å².